The Kier molecular flexibility index (Phi) is 5.31. The zero-order chi connectivity index (χ0) is 18.6. The van der Waals surface area contributed by atoms with E-state index >= 15 is 0 Å². The predicted octanol–water partition coefficient (Wildman–Crippen LogP) is 0.719. The molecular weight excluding hydrogens is 356 g/mol. The fourth-order valence-electron chi connectivity index (χ4n) is 3.61. The number of benzene rings is 1. The second kappa shape index (κ2) is 8.02. The number of H-pyrrole nitrogens is 1. The van der Waals surface area contributed by atoms with E-state index in [0.29, 0.717) is 0 Å². The van der Waals surface area contributed by atoms with Gasteiger partial charge in [0.15, 0.2) is 19.1 Å². The van der Waals surface area contributed by atoms with Crippen LogP contribution < -0.4 is 14.8 Å². The molecule has 4 rings (SSSR count). The van der Waals surface area contributed by atoms with E-state index < -0.39 is 0 Å². The average Bonchev–Trinajstić information content (AvgIpc) is 2.98. The van der Waals surface area contributed by atoms with Gasteiger partial charge in [0.1, 0.15) is 5.82 Å². The van der Waals surface area contributed by atoms with Crippen LogP contribution in [0, 0.1) is 4.77 Å². The number of rotatable bonds is 5. The minimum atomic E-state index is 0.800. The standard InChI is InChI=1S/C20H24N6S/c1-23-19(15-17-5-3-2-4-6-17)22-26(20(23)27)16-24-11-13-25(14-12-24)18-7-9-21-10-8-18/h2-10H,11-16H2,1H3/p+2. The van der Waals surface area contributed by atoms with Crippen molar-refractivity contribution in [1.29, 1.82) is 0 Å². The van der Waals surface area contributed by atoms with Gasteiger partial charge >= 0.3 is 0 Å². The summed E-state index contributed by atoms with van der Waals surface area (Å²) in [5, 5.41) is 4.81. The fourth-order valence-corrected chi connectivity index (χ4v) is 3.82. The van der Waals surface area contributed by atoms with E-state index in [2.05, 4.69) is 46.3 Å². The molecule has 0 amide bonds. The third-order valence-electron chi connectivity index (χ3n) is 5.25. The van der Waals surface area contributed by atoms with Gasteiger partial charge in [0, 0.05) is 31.3 Å². The first-order chi connectivity index (χ1) is 13.2. The molecule has 3 heterocycles. The molecule has 0 radical (unpaired) electrons. The molecule has 0 atom stereocenters. The number of hydrogen-bond donors (Lipinski definition) is 1. The van der Waals surface area contributed by atoms with E-state index in [1.54, 1.807) is 0 Å². The van der Waals surface area contributed by atoms with Crippen LogP contribution in [0.15, 0.2) is 54.9 Å². The molecular formula is C20H26N6S+2. The highest BCUT2D eigenvalue weighted by molar-refractivity contribution is 7.71. The quantitative estimate of drug-likeness (QED) is 0.662. The average molecular weight is 383 g/mol. The largest absolute Gasteiger partial charge is 0.360 e. The summed E-state index contributed by atoms with van der Waals surface area (Å²) in [6.07, 6.45) is 4.77. The molecule has 3 aromatic rings. The van der Waals surface area contributed by atoms with Crippen molar-refractivity contribution in [2.75, 3.05) is 31.1 Å². The third-order valence-corrected chi connectivity index (χ3v) is 5.73. The van der Waals surface area contributed by atoms with Gasteiger partial charge in [0.05, 0.1) is 26.2 Å². The van der Waals surface area contributed by atoms with E-state index in [0.717, 1.165) is 49.9 Å². The van der Waals surface area contributed by atoms with E-state index in [9.17, 15) is 0 Å². The SMILES string of the molecule is Cn1c(Cc2ccccc2)nn(C[NH+]2CCN(c3cc[nH+]cc3)CC2)c1=S. The number of aromatic amines is 1. The summed E-state index contributed by atoms with van der Waals surface area (Å²) in [4.78, 5) is 7.05. The summed E-state index contributed by atoms with van der Waals surface area (Å²) in [5.41, 5.74) is 2.54. The van der Waals surface area contributed by atoms with Gasteiger partial charge in [-0.1, -0.05) is 30.3 Å². The maximum atomic E-state index is 5.63. The highest BCUT2D eigenvalue weighted by Crippen LogP contribution is 2.11. The number of aromatic nitrogens is 4. The van der Waals surface area contributed by atoms with E-state index in [1.807, 2.05) is 34.8 Å². The molecule has 0 bridgehead atoms. The first-order valence-corrected chi connectivity index (χ1v) is 9.83. The third kappa shape index (κ3) is 4.09. The number of anilines is 1. The van der Waals surface area contributed by atoms with Crippen molar-refractivity contribution >= 4 is 17.9 Å². The van der Waals surface area contributed by atoms with Crippen LogP contribution in [0.2, 0.25) is 0 Å². The van der Waals surface area contributed by atoms with Crippen LogP contribution in [-0.4, -0.2) is 40.5 Å². The molecule has 0 aliphatic carbocycles. The van der Waals surface area contributed by atoms with Gasteiger partial charge in [-0.3, -0.25) is 0 Å². The molecule has 1 aliphatic heterocycles. The van der Waals surface area contributed by atoms with Gasteiger partial charge in [0.2, 0.25) is 4.77 Å². The minimum Gasteiger partial charge on any atom is -0.360 e. The lowest BCUT2D eigenvalue weighted by molar-refractivity contribution is -0.924. The molecule has 1 saturated heterocycles. The molecule has 1 aromatic carbocycles. The topological polar surface area (TPSA) is 44.6 Å². The van der Waals surface area contributed by atoms with Gasteiger partial charge in [-0.05, 0) is 17.8 Å². The van der Waals surface area contributed by atoms with Gasteiger partial charge in [-0.15, -0.1) is 0 Å². The second-order valence-electron chi connectivity index (χ2n) is 7.07. The molecule has 6 nitrogen and oxygen atoms in total. The van der Waals surface area contributed by atoms with Gasteiger partial charge in [0.25, 0.3) is 0 Å². The second-order valence-corrected chi connectivity index (χ2v) is 7.44. The first-order valence-electron chi connectivity index (χ1n) is 9.42. The van der Waals surface area contributed by atoms with Crippen molar-refractivity contribution in [1.82, 2.24) is 14.3 Å². The van der Waals surface area contributed by atoms with Gasteiger partial charge < -0.3 is 14.4 Å². The Balaban J connectivity index is 1.40. The van der Waals surface area contributed by atoms with Crippen LogP contribution in [0.5, 0.6) is 0 Å². The summed E-state index contributed by atoms with van der Waals surface area (Å²) in [7, 11) is 2.02. The number of nitrogens with one attached hydrogen (secondary N) is 2. The fraction of sp³-hybridized carbons (Fsp3) is 0.350. The lowest BCUT2D eigenvalue weighted by Crippen LogP contribution is -3.14. The lowest BCUT2D eigenvalue weighted by Gasteiger charge is -2.33. The molecule has 2 N–H and O–H groups in total. The zero-order valence-corrected chi connectivity index (χ0v) is 16.5. The van der Waals surface area contributed by atoms with Crippen LogP contribution in [-0.2, 0) is 20.1 Å². The Morgan fingerprint density at radius 2 is 1.78 bits per heavy atom. The first kappa shape index (κ1) is 17.9. The van der Waals surface area contributed by atoms with Crippen molar-refractivity contribution in [3.05, 3.63) is 71.0 Å². The zero-order valence-electron chi connectivity index (χ0n) is 15.6. The molecule has 0 spiro atoms. The Morgan fingerprint density at radius 1 is 1.07 bits per heavy atom. The van der Waals surface area contributed by atoms with Crippen molar-refractivity contribution in [3.63, 3.8) is 0 Å². The Hall–Kier alpha value is -2.51. The summed E-state index contributed by atoms with van der Waals surface area (Å²) < 4.78 is 4.84. The predicted molar refractivity (Wildman–Crippen MR) is 107 cm³/mol. The Bertz CT molecular complexity index is 926. The van der Waals surface area contributed by atoms with Crippen molar-refractivity contribution in [2.24, 2.45) is 7.05 Å². The van der Waals surface area contributed by atoms with Crippen LogP contribution in [0.3, 0.4) is 0 Å². The summed E-state index contributed by atoms with van der Waals surface area (Å²) in [6.45, 7) is 5.11. The maximum Gasteiger partial charge on any atom is 0.202 e. The van der Waals surface area contributed by atoms with Crippen molar-refractivity contribution in [2.45, 2.75) is 13.1 Å². The smallest absolute Gasteiger partial charge is 0.202 e. The summed E-state index contributed by atoms with van der Waals surface area (Å²) >= 11 is 5.63. The van der Waals surface area contributed by atoms with Crippen LogP contribution in [0.1, 0.15) is 11.4 Å². The number of quaternary nitrogens is 1. The minimum absolute atomic E-state index is 0.800. The molecule has 0 unspecified atom stereocenters. The monoisotopic (exact) mass is 382 g/mol. The highest BCUT2D eigenvalue weighted by atomic mass is 32.1. The number of nitrogens with zero attached hydrogens (tertiary/aromatic N) is 4. The number of pyridine rings is 1. The van der Waals surface area contributed by atoms with Crippen LogP contribution in [0.4, 0.5) is 5.69 Å². The van der Waals surface area contributed by atoms with E-state index in [4.69, 9.17) is 17.3 Å². The summed E-state index contributed by atoms with van der Waals surface area (Å²) in [6, 6.07) is 14.7. The van der Waals surface area contributed by atoms with Crippen LogP contribution >= 0.6 is 12.2 Å². The number of hydrogen-bond acceptors (Lipinski definition) is 3. The molecule has 1 aliphatic rings. The van der Waals surface area contributed by atoms with Gasteiger partial charge in [-0.25, -0.2) is 4.98 Å². The van der Waals surface area contributed by atoms with E-state index in [1.165, 1.54) is 16.2 Å². The number of piperazine rings is 1. The molecule has 7 heteroatoms. The molecule has 140 valence electrons. The summed E-state index contributed by atoms with van der Waals surface area (Å²) in [5.74, 6) is 1.02. The van der Waals surface area contributed by atoms with Crippen molar-refractivity contribution < 1.29 is 9.88 Å². The van der Waals surface area contributed by atoms with Crippen LogP contribution in [0.25, 0.3) is 0 Å². The van der Waals surface area contributed by atoms with Crippen molar-refractivity contribution in [3.8, 4) is 0 Å². The molecule has 1 fully saturated rings. The van der Waals surface area contributed by atoms with Gasteiger partial charge in [-0.2, -0.15) is 9.78 Å². The maximum absolute atomic E-state index is 5.63. The van der Waals surface area contributed by atoms with E-state index in [-0.39, 0.29) is 0 Å². The normalized spacial score (nSPS) is 15.2. The molecule has 2 aromatic heterocycles. The Labute approximate surface area is 164 Å². The highest BCUT2D eigenvalue weighted by Gasteiger charge is 2.22. The molecule has 27 heavy (non-hydrogen) atoms. The molecule has 0 saturated carbocycles. The lowest BCUT2D eigenvalue weighted by atomic mass is 10.1. The Morgan fingerprint density at radius 3 is 2.48 bits per heavy atom.